The molecule has 0 radical (unpaired) electrons. The van der Waals surface area contributed by atoms with Gasteiger partial charge >= 0.3 is 6.18 Å². The molecule has 112 valence electrons. The molecule has 0 heterocycles. The lowest BCUT2D eigenvalue weighted by atomic mass is 10.1. The SMILES string of the molecule is COc1ccc(N)cc1C(=O)NCCCCC(F)(F)F. The molecule has 0 atom stereocenters. The molecule has 0 saturated carbocycles. The number of carbonyl (C=O) groups is 1. The van der Waals surface area contributed by atoms with Crippen molar-refractivity contribution in [1.29, 1.82) is 0 Å². The van der Waals surface area contributed by atoms with E-state index in [1.54, 1.807) is 12.1 Å². The van der Waals surface area contributed by atoms with Crippen molar-refractivity contribution in [2.75, 3.05) is 19.4 Å². The second-order valence-electron chi connectivity index (χ2n) is 4.29. The van der Waals surface area contributed by atoms with Crippen molar-refractivity contribution in [2.24, 2.45) is 0 Å². The van der Waals surface area contributed by atoms with Crippen LogP contribution in [0.25, 0.3) is 0 Å². The predicted octanol–water partition coefficient (Wildman–Crippen LogP) is 2.74. The van der Waals surface area contributed by atoms with Crippen LogP contribution in [0.4, 0.5) is 18.9 Å². The third-order valence-corrected chi connectivity index (χ3v) is 2.64. The van der Waals surface area contributed by atoms with Gasteiger partial charge in [0.2, 0.25) is 0 Å². The summed E-state index contributed by atoms with van der Waals surface area (Å²) in [4.78, 5) is 11.9. The Morgan fingerprint density at radius 2 is 2.05 bits per heavy atom. The largest absolute Gasteiger partial charge is 0.496 e. The fourth-order valence-electron chi connectivity index (χ4n) is 1.65. The smallest absolute Gasteiger partial charge is 0.389 e. The Kier molecular flexibility index (Phi) is 5.66. The van der Waals surface area contributed by atoms with Crippen LogP contribution in [0.5, 0.6) is 5.75 Å². The summed E-state index contributed by atoms with van der Waals surface area (Å²) in [6, 6.07) is 4.62. The number of unbranched alkanes of at least 4 members (excludes halogenated alkanes) is 1. The maximum absolute atomic E-state index is 11.9. The lowest BCUT2D eigenvalue weighted by Crippen LogP contribution is -2.25. The topological polar surface area (TPSA) is 64.3 Å². The van der Waals surface area contributed by atoms with Gasteiger partial charge < -0.3 is 15.8 Å². The third kappa shape index (κ3) is 5.38. The number of alkyl halides is 3. The van der Waals surface area contributed by atoms with E-state index < -0.39 is 18.5 Å². The Morgan fingerprint density at radius 3 is 2.65 bits per heavy atom. The first-order valence-electron chi connectivity index (χ1n) is 6.12. The third-order valence-electron chi connectivity index (χ3n) is 2.64. The number of methoxy groups -OCH3 is 1. The summed E-state index contributed by atoms with van der Waals surface area (Å²) in [5.74, 6) is -0.0480. The van der Waals surface area contributed by atoms with E-state index >= 15 is 0 Å². The molecular weight excluding hydrogens is 273 g/mol. The van der Waals surface area contributed by atoms with Gasteiger partial charge in [0.05, 0.1) is 12.7 Å². The van der Waals surface area contributed by atoms with E-state index in [-0.39, 0.29) is 24.9 Å². The predicted molar refractivity (Wildman–Crippen MR) is 69.6 cm³/mol. The van der Waals surface area contributed by atoms with Crippen molar-refractivity contribution in [3.63, 3.8) is 0 Å². The maximum atomic E-state index is 11.9. The summed E-state index contributed by atoms with van der Waals surface area (Å²) in [6.45, 7) is 0.173. The molecule has 1 amide bonds. The Balaban J connectivity index is 2.45. The fraction of sp³-hybridized carbons (Fsp3) is 0.462. The average Bonchev–Trinajstić information content (AvgIpc) is 2.36. The standard InChI is InChI=1S/C13H17F3N2O2/c1-20-11-5-4-9(17)8-10(11)12(19)18-7-3-2-6-13(14,15)16/h4-5,8H,2-3,6-7,17H2,1H3,(H,18,19). The van der Waals surface area contributed by atoms with Crippen molar-refractivity contribution >= 4 is 11.6 Å². The van der Waals surface area contributed by atoms with E-state index in [0.717, 1.165) is 0 Å². The van der Waals surface area contributed by atoms with Crippen molar-refractivity contribution in [3.05, 3.63) is 23.8 Å². The highest BCUT2D eigenvalue weighted by molar-refractivity contribution is 5.97. The van der Waals surface area contributed by atoms with Crippen molar-refractivity contribution < 1.29 is 22.7 Å². The van der Waals surface area contributed by atoms with E-state index in [1.807, 2.05) is 0 Å². The molecule has 0 aromatic heterocycles. The molecule has 0 saturated heterocycles. The lowest BCUT2D eigenvalue weighted by molar-refractivity contribution is -0.135. The zero-order chi connectivity index (χ0) is 15.2. The molecule has 0 unspecified atom stereocenters. The molecule has 0 aliphatic carbocycles. The maximum Gasteiger partial charge on any atom is 0.389 e. The first kappa shape index (κ1) is 16.1. The Bertz CT molecular complexity index is 461. The van der Waals surface area contributed by atoms with Crippen LogP contribution in [0.1, 0.15) is 29.6 Å². The van der Waals surface area contributed by atoms with Crippen LogP contribution < -0.4 is 15.8 Å². The van der Waals surface area contributed by atoms with Gasteiger partial charge in [-0.15, -0.1) is 0 Å². The Morgan fingerprint density at radius 1 is 1.35 bits per heavy atom. The molecule has 7 heteroatoms. The van der Waals surface area contributed by atoms with Crippen molar-refractivity contribution in [2.45, 2.75) is 25.4 Å². The summed E-state index contributed by atoms with van der Waals surface area (Å²) in [5, 5.41) is 2.55. The second kappa shape index (κ2) is 7.02. The number of hydrogen-bond donors (Lipinski definition) is 2. The monoisotopic (exact) mass is 290 g/mol. The van der Waals surface area contributed by atoms with Crippen LogP contribution in [0.3, 0.4) is 0 Å². The van der Waals surface area contributed by atoms with Crippen LogP contribution >= 0.6 is 0 Å². The average molecular weight is 290 g/mol. The van der Waals surface area contributed by atoms with Crippen LogP contribution in [-0.4, -0.2) is 25.7 Å². The first-order valence-corrected chi connectivity index (χ1v) is 6.12. The zero-order valence-electron chi connectivity index (χ0n) is 11.1. The number of amides is 1. The molecule has 20 heavy (non-hydrogen) atoms. The van der Waals surface area contributed by atoms with Gasteiger partial charge in [-0.2, -0.15) is 13.2 Å². The highest BCUT2D eigenvalue weighted by atomic mass is 19.4. The van der Waals surface area contributed by atoms with Gasteiger partial charge in [-0.1, -0.05) is 0 Å². The number of hydrogen-bond acceptors (Lipinski definition) is 3. The molecule has 1 aromatic rings. The number of benzene rings is 1. The van der Waals surface area contributed by atoms with Gasteiger partial charge in [-0.05, 0) is 31.0 Å². The summed E-state index contributed by atoms with van der Waals surface area (Å²) in [7, 11) is 1.42. The van der Waals surface area contributed by atoms with Gasteiger partial charge in [0.15, 0.2) is 0 Å². The number of nitrogens with two attached hydrogens (primary N) is 1. The van der Waals surface area contributed by atoms with Crippen LogP contribution in [0.15, 0.2) is 18.2 Å². The van der Waals surface area contributed by atoms with Crippen LogP contribution in [0, 0.1) is 0 Å². The number of ether oxygens (including phenoxy) is 1. The van der Waals surface area contributed by atoms with Gasteiger partial charge in [0.25, 0.3) is 5.91 Å². The molecule has 0 bridgehead atoms. The zero-order valence-corrected chi connectivity index (χ0v) is 11.1. The minimum Gasteiger partial charge on any atom is -0.496 e. The van der Waals surface area contributed by atoms with Gasteiger partial charge in [-0.25, -0.2) is 0 Å². The van der Waals surface area contributed by atoms with E-state index in [4.69, 9.17) is 10.5 Å². The molecule has 1 rings (SSSR count). The minimum absolute atomic E-state index is 0.0160. The molecule has 0 spiro atoms. The number of nitrogens with one attached hydrogen (secondary N) is 1. The Hall–Kier alpha value is -1.92. The normalized spacial score (nSPS) is 11.2. The number of rotatable bonds is 6. The molecule has 0 fully saturated rings. The van der Waals surface area contributed by atoms with Crippen molar-refractivity contribution in [3.8, 4) is 5.75 Å². The van der Waals surface area contributed by atoms with Crippen molar-refractivity contribution in [1.82, 2.24) is 5.32 Å². The highest BCUT2D eigenvalue weighted by Crippen LogP contribution is 2.22. The van der Waals surface area contributed by atoms with E-state index in [2.05, 4.69) is 5.32 Å². The summed E-state index contributed by atoms with van der Waals surface area (Å²) >= 11 is 0. The number of anilines is 1. The number of nitrogen functional groups attached to an aromatic ring is 1. The van der Waals surface area contributed by atoms with Gasteiger partial charge in [-0.3, -0.25) is 4.79 Å². The molecule has 1 aromatic carbocycles. The van der Waals surface area contributed by atoms with Crippen LogP contribution in [0.2, 0.25) is 0 Å². The van der Waals surface area contributed by atoms with Gasteiger partial charge in [0.1, 0.15) is 5.75 Å². The number of halogens is 3. The summed E-state index contributed by atoms with van der Waals surface area (Å²) in [5.41, 5.74) is 6.26. The molecule has 0 aliphatic rings. The molecule has 4 nitrogen and oxygen atoms in total. The van der Waals surface area contributed by atoms with Crippen LogP contribution in [-0.2, 0) is 0 Å². The first-order chi connectivity index (χ1) is 9.33. The van der Waals surface area contributed by atoms with Gasteiger partial charge in [0, 0.05) is 18.7 Å². The summed E-state index contributed by atoms with van der Waals surface area (Å²) < 4.78 is 40.8. The van der Waals surface area contributed by atoms with E-state index in [0.29, 0.717) is 11.4 Å². The fourth-order valence-corrected chi connectivity index (χ4v) is 1.65. The quantitative estimate of drug-likeness (QED) is 0.625. The van der Waals surface area contributed by atoms with E-state index in [1.165, 1.54) is 13.2 Å². The molecule has 3 N–H and O–H groups in total. The minimum atomic E-state index is -4.15. The lowest BCUT2D eigenvalue weighted by Gasteiger charge is -2.10. The van der Waals surface area contributed by atoms with E-state index in [9.17, 15) is 18.0 Å². The molecular formula is C13H17F3N2O2. The molecule has 0 aliphatic heterocycles. The highest BCUT2D eigenvalue weighted by Gasteiger charge is 2.25. The number of carbonyl (C=O) groups excluding carboxylic acids is 1. The summed E-state index contributed by atoms with van der Waals surface area (Å²) in [6.07, 6.45) is -4.75. The Labute approximate surface area is 115 Å². The second-order valence-corrected chi connectivity index (χ2v) is 4.29.